The third-order valence-corrected chi connectivity index (χ3v) is 5.26. The van der Waals surface area contributed by atoms with Gasteiger partial charge in [0.2, 0.25) is 5.91 Å². The first-order chi connectivity index (χ1) is 14.5. The van der Waals surface area contributed by atoms with Gasteiger partial charge in [0, 0.05) is 11.4 Å². The molecule has 0 fully saturated rings. The number of amides is 2. The number of aliphatic hydroxyl groups excluding tert-OH is 1. The van der Waals surface area contributed by atoms with Crippen molar-refractivity contribution in [3.05, 3.63) is 95.8 Å². The Hall–Kier alpha value is -3.16. The van der Waals surface area contributed by atoms with E-state index in [-0.39, 0.29) is 11.7 Å². The maximum Gasteiger partial charge on any atom is 0.257 e. The molecule has 1 unspecified atom stereocenters. The minimum absolute atomic E-state index is 0.137. The number of aliphatic hydroxyl groups is 1. The summed E-state index contributed by atoms with van der Waals surface area (Å²) in [5, 5.41) is 15.6. The minimum Gasteiger partial charge on any atom is -0.388 e. The normalized spacial score (nSPS) is 11.5. The van der Waals surface area contributed by atoms with Gasteiger partial charge in [0.05, 0.1) is 23.1 Å². The number of carbonyl (C=O) groups excluding carboxylic acids is 2. The highest BCUT2D eigenvalue weighted by Crippen LogP contribution is 2.20. The topological polar surface area (TPSA) is 78.4 Å². The number of anilines is 2. The third-order valence-electron chi connectivity index (χ3n) is 4.24. The van der Waals surface area contributed by atoms with E-state index < -0.39 is 17.8 Å². The van der Waals surface area contributed by atoms with Gasteiger partial charge in [0.25, 0.3) is 5.91 Å². The molecule has 0 bridgehead atoms. The van der Waals surface area contributed by atoms with E-state index in [0.29, 0.717) is 22.7 Å². The van der Waals surface area contributed by atoms with Crippen molar-refractivity contribution in [3.63, 3.8) is 0 Å². The molecule has 3 N–H and O–H groups in total. The molecular formula is C23H21FN2O3S. The van der Waals surface area contributed by atoms with Gasteiger partial charge in [-0.1, -0.05) is 42.5 Å². The summed E-state index contributed by atoms with van der Waals surface area (Å²) in [5.74, 6) is -0.565. The van der Waals surface area contributed by atoms with Crippen LogP contribution < -0.4 is 10.6 Å². The van der Waals surface area contributed by atoms with Crippen LogP contribution in [0.25, 0.3) is 0 Å². The molecule has 0 aliphatic carbocycles. The zero-order valence-corrected chi connectivity index (χ0v) is 16.9. The van der Waals surface area contributed by atoms with Gasteiger partial charge >= 0.3 is 0 Å². The van der Waals surface area contributed by atoms with Crippen LogP contribution in [0.4, 0.5) is 15.8 Å². The second-order valence-electron chi connectivity index (χ2n) is 6.50. The predicted molar refractivity (Wildman–Crippen MR) is 118 cm³/mol. The number of rotatable bonds is 8. The van der Waals surface area contributed by atoms with E-state index >= 15 is 0 Å². The van der Waals surface area contributed by atoms with Crippen LogP contribution in [-0.2, 0) is 4.79 Å². The Bertz CT molecular complexity index is 997. The number of hydrogen-bond donors (Lipinski definition) is 3. The molecule has 0 aromatic heterocycles. The van der Waals surface area contributed by atoms with E-state index in [2.05, 4.69) is 10.6 Å². The lowest BCUT2D eigenvalue weighted by molar-refractivity contribution is -0.113. The lowest BCUT2D eigenvalue weighted by Gasteiger charge is -2.13. The average Bonchev–Trinajstić information content (AvgIpc) is 2.76. The summed E-state index contributed by atoms with van der Waals surface area (Å²) >= 11 is 1.30. The summed E-state index contributed by atoms with van der Waals surface area (Å²) in [6.07, 6.45) is -0.655. The predicted octanol–water partition coefficient (Wildman–Crippen LogP) is 4.48. The summed E-state index contributed by atoms with van der Waals surface area (Å²) in [6.45, 7) is 0. The van der Waals surface area contributed by atoms with E-state index in [0.717, 1.165) is 5.56 Å². The zero-order chi connectivity index (χ0) is 21.3. The molecule has 7 heteroatoms. The van der Waals surface area contributed by atoms with Crippen molar-refractivity contribution < 1.29 is 19.1 Å². The number of thioether (sulfide) groups is 1. The smallest absolute Gasteiger partial charge is 0.257 e. The molecule has 0 aliphatic heterocycles. The van der Waals surface area contributed by atoms with E-state index in [1.807, 2.05) is 30.3 Å². The SMILES string of the molecule is O=C(CSCC(O)c1ccccc1)Nc1ccccc1C(=O)Nc1ccc(F)cc1. The molecule has 3 aromatic carbocycles. The number of carbonyl (C=O) groups is 2. The first-order valence-electron chi connectivity index (χ1n) is 9.29. The highest BCUT2D eigenvalue weighted by Gasteiger charge is 2.14. The van der Waals surface area contributed by atoms with Crippen LogP contribution in [0.5, 0.6) is 0 Å². The van der Waals surface area contributed by atoms with Gasteiger partial charge in [0.15, 0.2) is 0 Å². The first kappa shape index (κ1) is 21.5. The molecule has 154 valence electrons. The molecule has 5 nitrogen and oxygen atoms in total. The number of nitrogens with one attached hydrogen (secondary N) is 2. The van der Waals surface area contributed by atoms with Crippen LogP contribution in [0.3, 0.4) is 0 Å². The van der Waals surface area contributed by atoms with Crippen molar-refractivity contribution in [1.82, 2.24) is 0 Å². The third kappa shape index (κ3) is 6.17. The van der Waals surface area contributed by atoms with Crippen LogP contribution in [0.15, 0.2) is 78.9 Å². The van der Waals surface area contributed by atoms with Gasteiger partial charge in [0.1, 0.15) is 5.82 Å². The molecule has 0 spiro atoms. The number of para-hydroxylation sites is 1. The Balaban J connectivity index is 1.55. The number of benzene rings is 3. The Morgan fingerprint density at radius 3 is 2.30 bits per heavy atom. The summed E-state index contributed by atoms with van der Waals surface area (Å²) < 4.78 is 13.0. The molecule has 1 atom stereocenters. The average molecular weight is 424 g/mol. The quantitative estimate of drug-likeness (QED) is 0.498. The summed E-state index contributed by atoms with van der Waals surface area (Å²) in [6, 6.07) is 21.3. The summed E-state index contributed by atoms with van der Waals surface area (Å²) in [5.41, 5.74) is 1.93. The van der Waals surface area contributed by atoms with Gasteiger partial charge < -0.3 is 15.7 Å². The molecule has 0 saturated carbocycles. The molecule has 0 heterocycles. The zero-order valence-electron chi connectivity index (χ0n) is 16.0. The molecule has 30 heavy (non-hydrogen) atoms. The minimum atomic E-state index is -0.655. The second kappa shape index (κ2) is 10.6. The molecule has 0 saturated heterocycles. The van der Waals surface area contributed by atoms with Crippen molar-refractivity contribution in [3.8, 4) is 0 Å². The fraction of sp³-hybridized carbons (Fsp3) is 0.130. The standard InChI is InChI=1S/C23H21FN2O3S/c24-17-10-12-18(13-11-17)25-23(29)19-8-4-5-9-20(19)26-22(28)15-30-14-21(27)16-6-2-1-3-7-16/h1-13,21,27H,14-15H2,(H,25,29)(H,26,28). The number of hydrogen-bond acceptors (Lipinski definition) is 4. The Kier molecular flexibility index (Phi) is 7.59. The summed E-state index contributed by atoms with van der Waals surface area (Å²) in [4.78, 5) is 24.9. The van der Waals surface area contributed by atoms with E-state index in [1.54, 1.807) is 24.3 Å². The number of halogens is 1. The second-order valence-corrected chi connectivity index (χ2v) is 7.53. The van der Waals surface area contributed by atoms with Crippen LogP contribution in [-0.4, -0.2) is 28.4 Å². The molecule has 2 amide bonds. The molecule has 3 rings (SSSR count). The molecular weight excluding hydrogens is 403 g/mol. The largest absolute Gasteiger partial charge is 0.388 e. The van der Waals surface area contributed by atoms with E-state index in [4.69, 9.17) is 0 Å². The van der Waals surface area contributed by atoms with Crippen LogP contribution >= 0.6 is 11.8 Å². The van der Waals surface area contributed by atoms with Crippen molar-refractivity contribution in [2.75, 3.05) is 22.1 Å². The van der Waals surface area contributed by atoms with Crippen molar-refractivity contribution >= 4 is 35.0 Å². The molecule has 0 aliphatic rings. The monoisotopic (exact) mass is 424 g/mol. The highest BCUT2D eigenvalue weighted by atomic mass is 32.2. The highest BCUT2D eigenvalue weighted by molar-refractivity contribution is 8.00. The van der Waals surface area contributed by atoms with Gasteiger partial charge in [-0.3, -0.25) is 9.59 Å². The lowest BCUT2D eigenvalue weighted by Crippen LogP contribution is -2.19. The van der Waals surface area contributed by atoms with Gasteiger partial charge in [-0.2, -0.15) is 0 Å². The van der Waals surface area contributed by atoms with Crippen molar-refractivity contribution in [1.29, 1.82) is 0 Å². The first-order valence-corrected chi connectivity index (χ1v) is 10.4. The molecule has 3 aromatic rings. The Morgan fingerprint density at radius 2 is 1.57 bits per heavy atom. The van der Waals surface area contributed by atoms with Crippen molar-refractivity contribution in [2.24, 2.45) is 0 Å². The van der Waals surface area contributed by atoms with Crippen molar-refractivity contribution in [2.45, 2.75) is 6.10 Å². The fourth-order valence-corrected chi connectivity index (χ4v) is 3.53. The fourth-order valence-electron chi connectivity index (χ4n) is 2.74. The molecule has 0 radical (unpaired) electrons. The van der Waals surface area contributed by atoms with E-state index in [9.17, 15) is 19.1 Å². The van der Waals surface area contributed by atoms with Crippen LogP contribution in [0.2, 0.25) is 0 Å². The Labute approximate surface area is 178 Å². The Morgan fingerprint density at radius 1 is 0.900 bits per heavy atom. The van der Waals surface area contributed by atoms with Gasteiger partial charge in [-0.05, 0) is 42.0 Å². The van der Waals surface area contributed by atoms with Crippen LogP contribution in [0.1, 0.15) is 22.0 Å². The van der Waals surface area contributed by atoms with Crippen LogP contribution in [0, 0.1) is 5.82 Å². The summed E-state index contributed by atoms with van der Waals surface area (Å²) in [7, 11) is 0. The van der Waals surface area contributed by atoms with E-state index in [1.165, 1.54) is 36.0 Å². The van der Waals surface area contributed by atoms with Gasteiger partial charge in [-0.25, -0.2) is 4.39 Å². The maximum atomic E-state index is 13.0. The maximum absolute atomic E-state index is 13.0. The van der Waals surface area contributed by atoms with Gasteiger partial charge in [-0.15, -0.1) is 11.8 Å². The lowest BCUT2D eigenvalue weighted by atomic mass is 10.1.